The summed E-state index contributed by atoms with van der Waals surface area (Å²) in [6.45, 7) is 4.31. The molecule has 0 atom stereocenters. The number of hydrogen-bond acceptors (Lipinski definition) is 1. The summed E-state index contributed by atoms with van der Waals surface area (Å²) in [6, 6.07) is 4.56. The average Bonchev–Trinajstić information content (AvgIpc) is 2.83. The molecule has 74 valence electrons. The Morgan fingerprint density at radius 3 is 2.93 bits per heavy atom. The normalized spacial score (nSPS) is 14.0. The topological polar surface area (TPSA) is 26.0 Å². The van der Waals surface area contributed by atoms with Crippen LogP contribution < -0.4 is 5.73 Å². The molecule has 0 heterocycles. The van der Waals surface area contributed by atoms with E-state index in [-0.39, 0.29) is 0 Å². The molecule has 1 aromatic carbocycles. The third-order valence-corrected chi connectivity index (χ3v) is 2.74. The van der Waals surface area contributed by atoms with E-state index >= 15 is 0 Å². The average molecular weight is 187 g/mol. The third-order valence-electron chi connectivity index (χ3n) is 2.74. The highest BCUT2D eigenvalue weighted by Crippen LogP contribution is 2.32. The molecule has 0 amide bonds. The van der Waals surface area contributed by atoms with Gasteiger partial charge in [-0.25, -0.2) is 0 Å². The van der Waals surface area contributed by atoms with Crippen molar-refractivity contribution in [3.05, 3.63) is 46.2 Å². The summed E-state index contributed by atoms with van der Waals surface area (Å²) in [5, 5.41) is 0. The van der Waals surface area contributed by atoms with Gasteiger partial charge in [-0.3, -0.25) is 0 Å². The molecule has 2 N–H and O–H groups in total. The molecule has 0 saturated heterocycles. The zero-order valence-electron chi connectivity index (χ0n) is 8.93. The first kappa shape index (κ1) is 9.32. The van der Waals surface area contributed by atoms with E-state index in [1.165, 1.54) is 23.1 Å². The first-order valence-electron chi connectivity index (χ1n) is 5.26. The van der Waals surface area contributed by atoms with Gasteiger partial charge in [0.1, 0.15) is 0 Å². The molecule has 0 saturated carbocycles. The van der Waals surface area contributed by atoms with Gasteiger partial charge in [-0.15, -0.1) is 0 Å². The van der Waals surface area contributed by atoms with Gasteiger partial charge in [0.2, 0.25) is 0 Å². The van der Waals surface area contributed by atoms with Gasteiger partial charge in [-0.2, -0.15) is 0 Å². The van der Waals surface area contributed by atoms with Crippen LogP contribution in [-0.4, -0.2) is 0 Å². The molecular weight excluding hydrogens is 170 g/mol. The zero-order chi connectivity index (χ0) is 10.1. The predicted molar refractivity (Wildman–Crippen MR) is 60.3 cm³/mol. The number of benzene rings is 1. The highest BCUT2D eigenvalue weighted by atomic mass is 14.6. The Hall–Kier alpha value is -1.24. The van der Waals surface area contributed by atoms with Crippen molar-refractivity contribution in [3.63, 3.8) is 0 Å². The molecule has 0 spiro atoms. The van der Waals surface area contributed by atoms with Crippen molar-refractivity contribution in [3.8, 4) is 0 Å². The van der Waals surface area contributed by atoms with Crippen LogP contribution in [0.25, 0.3) is 0 Å². The second-order valence-corrected chi connectivity index (χ2v) is 4.09. The lowest BCUT2D eigenvalue weighted by atomic mass is 10.1. The van der Waals surface area contributed by atoms with Crippen molar-refractivity contribution in [1.29, 1.82) is 0 Å². The third kappa shape index (κ3) is 1.82. The van der Waals surface area contributed by atoms with Gasteiger partial charge in [0.05, 0.1) is 0 Å². The number of rotatable bonds is 3. The Morgan fingerprint density at radius 1 is 1.50 bits per heavy atom. The van der Waals surface area contributed by atoms with Gasteiger partial charge >= 0.3 is 0 Å². The molecule has 0 fully saturated rings. The van der Waals surface area contributed by atoms with Gasteiger partial charge in [0.25, 0.3) is 0 Å². The summed E-state index contributed by atoms with van der Waals surface area (Å²) in [6.07, 6.45) is 5.22. The predicted octanol–water partition coefficient (Wildman–Crippen LogP) is 2.69. The van der Waals surface area contributed by atoms with Crippen LogP contribution in [-0.2, 0) is 12.8 Å². The first-order valence-corrected chi connectivity index (χ1v) is 5.26. The van der Waals surface area contributed by atoms with E-state index in [0.29, 0.717) is 0 Å². The molecule has 0 bridgehead atoms. The smallest absolute Gasteiger partial charge is 0.0118 e. The van der Waals surface area contributed by atoms with Crippen molar-refractivity contribution in [2.75, 3.05) is 0 Å². The number of fused-ring (bicyclic) bond motifs is 1. The van der Waals surface area contributed by atoms with Gasteiger partial charge in [-0.1, -0.05) is 25.1 Å². The highest BCUT2D eigenvalue weighted by Gasteiger charge is 2.19. The first-order chi connectivity index (χ1) is 6.70. The minimum absolute atomic E-state index is 0.905. The minimum Gasteiger partial charge on any atom is -0.402 e. The molecule has 2 rings (SSSR count). The van der Waals surface area contributed by atoms with Crippen molar-refractivity contribution in [2.45, 2.75) is 33.1 Å². The van der Waals surface area contributed by atoms with Crippen molar-refractivity contribution < 1.29 is 0 Å². The summed E-state index contributed by atoms with van der Waals surface area (Å²) in [7, 11) is 0. The molecule has 0 aromatic heterocycles. The lowest BCUT2D eigenvalue weighted by Gasteiger charge is -2.02. The SMILES string of the molecule is CC/C=C(\N)Cc1cc(C)c2c(c1)C2. The molecule has 0 unspecified atom stereocenters. The molecule has 14 heavy (non-hydrogen) atoms. The minimum atomic E-state index is 0.905. The molecule has 0 radical (unpaired) electrons. The molecule has 1 nitrogen and oxygen atoms in total. The van der Waals surface area contributed by atoms with Crippen LogP contribution in [0.4, 0.5) is 0 Å². The van der Waals surface area contributed by atoms with E-state index in [1.54, 1.807) is 5.56 Å². The molecule has 1 aromatic rings. The van der Waals surface area contributed by atoms with Gasteiger partial charge in [0, 0.05) is 12.1 Å². The van der Waals surface area contributed by atoms with Crippen molar-refractivity contribution in [1.82, 2.24) is 0 Å². The number of nitrogens with two attached hydrogens (primary N) is 1. The fourth-order valence-corrected chi connectivity index (χ4v) is 1.98. The summed E-state index contributed by atoms with van der Waals surface area (Å²) in [5.41, 5.74) is 12.7. The second kappa shape index (κ2) is 3.49. The Bertz CT molecular complexity index is 388. The van der Waals surface area contributed by atoms with E-state index in [4.69, 9.17) is 5.73 Å². The molecule has 1 aliphatic rings. The Morgan fingerprint density at radius 2 is 2.29 bits per heavy atom. The summed E-state index contributed by atoms with van der Waals surface area (Å²) >= 11 is 0. The Balaban J connectivity index is 2.15. The number of hydrogen-bond donors (Lipinski definition) is 1. The van der Waals surface area contributed by atoms with E-state index in [1.807, 2.05) is 0 Å². The van der Waals surface area contributed by atoms with E-state index < -0.39 is 0 Å². The lowest BCUT2D eigenvalue weighted by Crippen LogP contribution is -2.01. The van der Waals surface area contributed by atoms with Crippen LogP contribution in [0.2, 0.25) is 0 Å². The van der Waals surface area contributed by atoms with E-state index in [0.717, 1.165) is 18.5 Å². The van der Waals surface area contributed by atoms with Crippen LogP contribution in [0.15, 0.2) is 23.9 Å². The number of aryl methyl sites for hydroxylation is 1. The standard InChI is InChI=1S/C13H17N/c1-3-4-12(14)7-10-5-9(2)13-8-11(13)6-10/h4-6H,3,7-8,14H2,1-2H3/b12-4-. The lowest BCUT2D eigenvalue weighted by molar-refractivity contribution is 1.06. The van der Waals surface area contributed by atoms with Crippen LogP contribution in [0.1, 0.15) is 35.6 Å². The van der Waals surface area contributed by atoms with Crippen molar-refractivity contribution >= 4 is 0 Å². The zero-order valence-corrected chi connectivity index (χ0v) is 8.93. The molecule has 1 aliphatic carbocycles. The van der Waals surface area contributed by atoms with Gasteiger partial charge < -0.3 is 5.73 Å². The summed E-state index contributed by atoms with van der Waals surface area (Å²) in [5.74, 6) is 0. The second-order valence-electron chi connectivity index (χ2n) is 4.09. The molecule has 0 aliphatic heterocycles. The van der Waals surface area contributed by atoms with Gasteiger partial charge in [0.15, 0.2) is 0 Å². The maximum absolute atomic E-state index is 5.89. The van der Waals surface area contributed by atoms with Gasteiger partial charge in [-0.05, 0) is 42.0 Å². The van der Waals surface area contributed by atoms with Crippen LogP contribution in [0.3, 0.4) is 0 Å². The monoisotopic (exact) mass is 187 g/mol. The maximum Gasteiger partial charge on any atom is 0.0118 e. The fraction of sp³-hybridized carbons (Fsp3) is 0.385. The molecule has 1 heteroatoms. The quantitative estimate of drug-likeness (QED) is 0.785. The Kier molecular flexibility index (Phi) is 2.32. The Labute approximate surface area is 85.6 Å². The highest BCUT2D eigenvalue weighted by molar-refractivity contribution is 5.52. The summed E-state index contributed by atoms with van der Waals surface area (Å²) in [4.78, 5) is 0. The van der Waals surface area contributed by atoms with Crippen LogP contribution in [0.5, 0.6) is 0 Å². The van der Waals surface area contributed by atoms with Crippen LogP contribution in [0, 0.1) is 6.92 Å². The van der Waals surface area contributed by atoms with Crippen molar-refractivity contribution in [2.24, 2.45) is 5.73 Å². The van der Waals surface area contributed by atoms with E-state index in [2.05, 4.69) is 32.1 Å². The fourth-order valence-electron chi connectivity index (χ4n) is 1.98. The van der Waals surface area contributed by atoms with E-state index in [9.17, 15) is 0 Å². The summed E-state index contributed by atoms with van der Waals surface area (Å²) < 4.78 is 0. The largest absolute Gasteiger partial charge is 0.402 e. The number of allylic oxidation sites excluding steroid dienone is 2. The van der Waals surface area contributed by atoms with Crippen LogP contribution >= 0.6 is 0 Å². The maximum atomic E-state index is 5.89. The molecular formula is C13H17N.